The van der Waals surface area contributed by atoms with Crippen LogP contribution in [-0.4, -0.2) is 55.6 Å². The van der Waals surface area contributed by atoms with Crippen LogP contribution in [0.4, 0.5) is 0 Å². The lowest BCUT2D eigenvalue weighted by atomic mass is 10.1. The molecular weight excluding hydrogens is 392 g/mol. The number of hydrogen-bond acceptors (Lipinski definition) is 6. The molecule has 1 aromatic carbocycles. The van der Waals surface area contributed by atoms with E-state index in [4.69, 9.17) is 4.42 Å². The Labute approximate surface area is 182 Å². The van der Waals surface area contributed by atoms with Gasteiger partial charge in [0, 0.05) is 20.1 Å². The van der Waals surface area contributed by atoms with Gasteiger partial charge >= 0.3 is 0 Å². The van der Waals surface area contributed by atoms with Crippen molar-refractivity contribution in [1.82, 2.24) is 29.5 Å². The Morgan fingerprint density at radius 2 is 1.81 bits per heavy atom. The predicted octanol–water partition coefficient (Wildman–Crippen LogP) is 3.62. The number of aromatic nitrogens is 4. The van der Waals surface area contributed by atoms with Crippen molar-refractivity contribution in [3.8, 4) is 17.3 Å². The van der Waals surface area contributed by atoms with E-state index in [0.717, 1.165) is 24.5 Å². The quantitative estimate of drug-likeness (QED) is 0.579. The number of amides is 1. The molecule has 0 radical (unpaired) electrons. The Balaban J connectivity index is 1.64. The summed E-state index contributed by atoms with van der Waals surface area (Å²) in [6.07, 6.45) is 1.73. The molecule has 0 saturated carbocycles. The van der Waals surface area contributed by atoms with E-state index >= 15 is 0 Å². The van der Waals surface area contributed by atoms with Crippen LogP contribution in [-0.2, 0) is 13.1 Å². The molecule has 31 heavy (non-hydrogen) atoms. The van der Waals surface area contributed by atoms with Gasteiger partial charge < -0.3 is 9.32 Å². The molecule has 4 rings (SSSR count). The maximum atomic E-state index is 12.8. The molecule has 0 aliphatic carbocycles. The van der Waals surface area contributed by atoms with Gasteiger partial charge in [0.25, 0.3) is 11.8 Å². The van der Waals surface area contributed by atoms with Crippen molar-refractivity contribution in [3.63, 3.8) is 0 Å². The van der Waals surface area contributed by atoms with Crippen molar-refractivity contribution in [2.24, 2.45) is 11.8 Å². The van der Waals surface area contributed by atoms with Gasteiger partial charge in [0.2, 0.25) is 5.89 Å². The number of fused-ring (bicyclic) bond motifs is 3. The summed E-state index contributed by atoms with van der Waals surface area (Å²) in [6, 6.07) is 7.56. The second-order valence-corrected chi connectivity index (χ2v) is 9.07. The van der Waals surface area contributed by atoms with Gasteiger partial charge in [-0.3, -0.25) is 14.3 Å². The summed E-state index contributed by atoms with van der Waals surface area (Å²) in [5.41, 5.74) is 2.94. The molecule has 0 atom stereocenters. The second-order valence-electron chi connectivity index (χ2n) is 9.07. The first kappa shape index (κ1) is 21.2. The van der Waals surface area contributed by atoms with Crippen molar-refractivity contribution in [2.45, 2.75) is 40.8 Å². The normalized spacial score (nSPS) is 13.8. The summed E-state index contributed by atoms with van der Waals surface area (Å²) in [5.74, 6) is 2.06. The number of imidazole rings is 1. The molecule has 0 fully saturated rings. The highest BCUT2D eigenvalue weighted by molar-refractivity contribution is 5.98. The van der Waals surface area contributed by atoms with Gasteiger partial charge in [-0.25, -0.2) is 4.98 Å². The Kier molecular flexibility index (Phi) is 5.91. The molecule has 2 aromatic heterocycles. The van der Waals surface area contributed by atoms with Crippen molar-refractivity contribution in [3.05, 3.63) is 47.7 Å². The average Bonchev–Trinajstić information content (AvgIpc) is 3.30. The van der Waals surface area contributed by atoms with Crippen molar-refractivity contribution in [2.75, 3.05) is 20.1 Å². The van der Waals surface area contributed by atoms with Crippen LogP contribution < -0.4 is 0 Å². The zero-order chi connectivity index (χ0) is 22.1. The van der Waals surface area contributed by atoms with E-state index in [1.165, 1.54) is 0 Å². The molecule has 0 spiro atoms. The Morgan fingerprint density at radius 3 is 2.52 bits per heavy atom. The molecule has 3 heterocycles. The van der Waals surface area contributed by atoms with Gasteiger partial charge in [0.1, 0.15) is 6.33 Å². The van der Waals surface area contributed by atoms with Gasteiger partial charge in [0.05, 0.1) is 30.0 Å². The molecule has 1 amide bonds. The molecule has 0 bridgehead atoms. The summed E-state index contributed by atoms with van der Waals surface area (Å²) >= 11 is 0. The fourth-order valence-electron chi connectivity index (χ4n) is 4.12. The molecule has 8 heteroatoms. The first-order chi connectivity index (χ1) is 14.8. The Morgan fingerprint density at radius 1 is 1.10 bits per heavy atom. The monoisotopic (exact) mass is 422 g/mol. The van der Waals surface area contributed by atoms with E-state index in [1.54, 1.807) is 18.3 Å². The number of benzene rings is 1. The van der Waals surface area contributed by atoms with Gasteiger partial charge in [-0.05, 0) is 24.0 Å². The van der Waals surface area contributed by atoms with E-state index in [-0.39, 0.29) is 5.91 Å². The number of carbonyl (C=O) groups excluding carboxylic acids is 1. The van der Waals surface area contributed by atoms with E-state index < -0.39 is 0 Å². The molecule has 3 aromatic rings. The largest absolute Gasteiger partial charge is 0.418 e. The van der Waals surface area contributed by atoms with E-state index in [1.807, 2.05) is 28.8 Å². The zero-order valence-corrected chi connectivity index (χ0v) is 18.9. The molecular formula is C23H30N6O2. The van der Waals surface area contributed by atoms with Crippen LogP contribution in [0.1, 0.15) is 49.6 Å². The number of rotatable bonds is 7. The summed E-state index contributed by atoms with van der Waals surface area (Å²) in [4.78, 5) is 21.4. The van der Waals surface area contributed by atoms with Gasteiger partial charge in [0.15, 0.2) is 5.69 Å². The van der Waals surface area contributed by atoms with Crippen molar-refractivity contribution < 1.29 is 9.21 Å². The van der Waals surface area contributed by atoms with Gasteiger partial charge in [-0.2, -0.15) is 0 Å². The van der Waals surface area contributed by atoms with Crippen LogP contribution in [0.3, 0.4) is 0 Å². The highest BCUT2D eigenvalue weighted by atomic mass is 16.4. The second kappa shape index (κ2) is 8.63. The Bertz CT molecular complexity index is 1060. The highest BCUT2D eigenvalue weighted by Crippen LogP contribution is 2.30. The van der Waals surface area contributed by atoms with Crippen LogP contribution in [0, 0.1) is 11.8 Å². The molecule has 0 N–H and O–H groups in total. The minimum atomic E-state index is -0.0190. The van der Waals surface area contributed by atoms with Crippen LogP contribution in [0.5, 0.6) is 0 Å². The summed E-state index contributed by atoms with van der Waals surface area (Å²) in [5, 5.41) is 8.58. The third-order valence-electron chi connectivity index (χ3n) is 5.27. The summed E-state index contributed by atoms with van der Waals surface area (Å²) in [6.45, 7) is 11.8. The smallest absolute Gasteiger partial charge is 0.268 e. The fourth-order valence-corrected chi connectivity index (χ4v) is 4.12. The van der Waals surface area contributed by atoms with Crippen LogP contribution in [0.15, 0.2) is 35.0 Å². The number of para-hydroxylation sites is 1. The molecule has 1 aliphatic heterocycles. The SMILES string of the molecule is CC(C)CN(Cc1nnc(-c2ncn3c2CN(C)C(=O)c2ccccc2-3)o1)CC(C)C. The minimum Gasteiger partial charge on any atom is -0.418 e. The number of nitrogens with zero attached hydrogens (tertiary/aromatic N) is 6. The topological polar surface area (TPSA) is 80.3 Å². The molecule has 0 unspecified atom stereocenters. The van der Waals surface area contributed by atoms with Crippen LogP contribution in [0.25, 0.3) is 17.3 Å². The fraction of sp³-hybridized carbons (Fsp3) is 0.478. The molecule has 1 aliphatic rings. The minimum absolute atomic E-state index is 0.0190. The first-order valence-electron chi connectivity index (χ1n) is 10.8. The average molecular weight is 423 g/mol. The van der Waals surface area contributed by atoms with Crippen LogP contribution >= 0.6 is 0 Å². The third-order valence-corrected chi connectivity index (χ3v) is 5.27. The standard InChI is InChI=1S/C23H30N6O2/c1-15(2)10-28(11-16(3)4)13-20-25-26-22(31-20)21-19-12-27(5)23(30)17-8-6-7-9-18(17)29(19)14-24-21/h6-9,14-16H,10-13H2,1-5H3. The summed E-state index contributed by atoms with van der Waals surface area (Å²) < 4.78 is 7.98. The van der Waals surface area contributed by atoms with Crippen molar-refractivity contribution in [1.29, 1.82) is 0 Å². The van der Waals surface area contributed by atoms with E-state index in [9.17, 15) is 4.79 Å². The van der Waals surface area contributed by atoms with Gasteiger partial charge in [-0.1, -0.05) is 39.8 Å². The lowest BCUT2D eigenvalue weighted by molar-refractivity contribution is 0.0788. The Hall–Kier alpha value is -3.00. The molecule has 0 saturated heterocycles. The lowest BCUT2D eigenvalue weighted by Gasteiger charge is -2.24. The molecule has 8 nitrogen and oxygen atoms in total. The number of hydrogen-bond donors (Lipinski definition) is 0. The van der Waals surface area contributed by atoms with Crippen molar-refractivity contribution >= 4 is 5.91 Å². The first-order valence-corrected chi connectivity index (χ1v) is 10.8. The van der Waals surface area contributed by atoms with E-state index in [2.05, 4.69) is 47.8 Å². The van der Waals surface area contributed by atoms with E-state index in [0.29, 0.717) is 48.0 Å². The summed E-state index contributed by atoms with van der Waals surface area (Å²) in [7, 11) is 1.79. The van der Waals surface area contributed by atoms with Gasteiger partial charge in [-0.15, -0.1) is 10.2 Å². The zero-order valence-electron chi connectivity index (χ0n) is 18.9. The highest BCUT2D eigenvalue weighted by Gasteiger charge is 2.28. The van der Waals surface area contributed by atoms with Crippen LogP contribution in [0.2, 0.25) is 0 Å². The third kappa shape index (κ3) is 4.39. The molecule has 164 valence electrons. The lowest BCUT2D eigenvalue weighted by Crippen LogP contribution is -2.31. The maximum Gasteiger partial charge on any atom is 0.268 e. The number of carbonyl (C=O) groups is 1. The maximum absolute atomic E-state index is 12.8. The predicted molar refractivity (Wildman–Crippen MR) is 118 cm³/mol.